The molecule has 0 saturated carbocycles. The Morgan fingerprint density at radius 3 is 3.12 bits per heavy atom. The molecule has 1 aliphatic heterocycles. The molecule has 1 aliphatic rings. The molecule has 4 heterocycles. The second-order valence-corrected chi connectivity index (χ2v) is 7.25. The van der Waals surface area contributed by atoms with Gasteiger partial charge in [0.1, 0.15) is 12.1 Å². The number of hydrogen-bond donors (Lipinski definition) is 1. The van der Waals surface area contributed by atoms with Crippen molar-refractivity contribution in [2.24, 2.45) is 0 Å². The number of thiophene rings is 1. The van der Waals surface area contributed by atoms with E-state index in [4.69, 9.17) is 4.74 Å². The van der Waals surface area contributed by atoms with Crippen molar-refractivity contribution in [3.05, 3.63) is 52.8 Å². The van der Waals surface area contributed by atoms with Gasteiger partial charge < -0.3 is 14.6 Å². The van der Waals surface area contributed by atoms with E-state index >= 15 is 0 Å². The highest BCUT2D eigenvalue weighted by atomic mass is 32.1. The second-order valence-electron chi connectivity index (χ2n) is 6.34. The molecule has 26 heavy (non-hydrogen) atoms. The van der Waals surface area contributed by atoms with Gasteiger partial charge in [-0.1, -0.05) is 0 Å². The summed E-state index contributed by atoms with van der Waals surface area (Å²) in [7, 11) is 1.40. The molecule has 0 amide bonds. The number of nitrogens with one attached hydrogen (secondary N) is 1. The number of anilines is 1. The molecule has 4 aromatic rings. The molecule has 0 aliphatic carbocycles. The number of esters is 1. The molecule has 1 N–H and O–H groups in total. The summed E-state index contributed by atoms with van der Waals surface area (Å²) in [5.41, 5.74) is 5.06. The van der Waals surface area contributed by atoms with Crippen LogP contribution in [0.15, 0.2) is 36.0 Å². The minimum absolute atomic E-state index is 0.314. The van der Waals surface area contributed by atoms with E-state index < -0.39 is 0 Å². The predicted molar refractivity (Wildman–Crippen MR) is 102 cm³/mol. The van der Waals surface area contributed by atoms with Crippen molar-refractivity contribution in [1.29, 1.82) is 0 Å². The monoisotopic (exact) mass is 364 g/mol. The van der Waals surface area contributed by atoms with Gasteiger partial charge in [-0.05, 0) is 29.6 Å². The quantitative estimate of drug-likeness (QED) is 0.551. The first-order chi connectivity index (χ1) is 12.7. The molecular weight excluding hydrogens is 348 g/mol. The van der Waals surface area contributed by atoms with Crippen LogP contribution in [0.2, 0.25) is 0 Å². The summed E-state index contributed by atoms with van der Waals surface area (Å²) >= 11 is 1.67. The number of aromatic amines is 1. The zero-order chi connectivity index (χ0) is 17.7. The van der Waals surface area contributed by atoms with Crippen LogP contribution in [0, 0.1) is 0 Å². The van der Waals surface area contributed by atoms with E-state index in [0.717, 1.165) is 46.4 Å². The van der Waals surface area contributed by atoms with Crippen molar-refractivity contribution in [2.75, 3.05) is 18.6 Å². The zero-order valence-corrected chi connectivity index (χ0v) is 15.0. The molecule has 0 fully saturated rings. The average Bonchev–Trinajstić information content (AvgIpc) is 3.30. The van der Waals surface area contributed by atoms with Crippen LogP contribution in [0.1, 0.15) is 21.6 Å². The Hall–Kier alpha value is -2.93. The fourth-order valence-corrected chi connectivity index (χ4v) is 4.50. The summed E-state index contributed by atoms with van der Waals surface area (Å²) in [6.07, 6.45) is 2.54. The molecule has 3 aromatic heterocycles. The lowest BCUT2D eigenvalue weighted by atomic mass is 10.0. The summed E-state index contributed by atoms with van der Waals surface area (Å²) in [5, 5.41) is 3.12. The summed E-state index contributed by atoms with van der Waals surface area (Å²) in [6, 6.07) is 7.69. The van der Waals surface area contributed by atoms with Crippen LogP contribution in [-0.2, 0) is 17.7 Å². The Morgan fingerprint density at radius 2 is 2.23 bits per heavy atom. The van der Waals surface area contributed by atoms with Crippen molar-refractivity contribution in [2.45, 2.75) is 13.0 Å². The number of nitrogens with zero attached hydrogens (tertiary/aromatic N) is 3. The van der Waals surface area contributed by atoms with E-state index in [9.17, 15) is 4.79 Å². The van der Waals surface area contributed by atoms with Gasteiger partial charge in [0, 0.05) is 41.7 Å². The van der Waals surface area contributed by atoms with Gasteiger partial charge in [-0.2, -0.15) is 0 Å². The smallest absolute Gasteiger partial charge is 0.337 e. The number of fused-ring (bicyclic) bond motifs is 4. The number of benzene rings is 1. The maximum absolute atomic E-state index is 11.9. The van der Waals surface area contributed by atoms with E-state index in [0.29, 0.717) is 5.56 Å². The molecule has 0 spiro atoms. The first-order valence-corrected chi connectivity index (χ1v) is 9.27. The van der Waals surface area contributed by atoms with E-state index in [1.54, 1.807) is 23.7 Å². The first kappa shape index (κ1) is 15.3. The molecular formula is C19H16N4O2S. The van der Waals surface area contributed by atoms with Crippen molar-refractivity contribution < 1.29 is 9.53 Å². The third kappa shape index (κ3) is 2.28. The Bertz CT molecular complexity index is 1150. The Kier molecular flexibility index (Phi) is 3.43. The van der Waals surface area contributed by atoms with Gasteiger partial charge in [0.05, 0.1) is 22.9 Å². The summed E-state index contributed by atoms with van der Waals surface area (Å²) in [5.74, 6) is 0.666. The summed E-state index contributed by atoms with van der Waals surface area (Å²) in [4.78, 5) is 26.6. The van der Waals surface area contributed by atoms with Crippen molar-refractivity contribution in [1.82, 2.24) is 15.0 Å². The number of ether oxygens (including phenoxy) is 1. The lowest BCUT2D eigenvalue weighted by Gasteiger charge is -2.28. The highest BCUT2D eigenvalue weighted by Gasteiger charge is 2.24. The average molecular weight is 364 g/mol. The minimum Gasteiger partial charge on any atom is -0.465 e. The normalized spacial score (nSPS) is 14.0. The summed E-state index contributed by atoms with van der Waals surface area (Å²) < 4.78 is 5.98. The van der Waals surface area contributed by atoms with Crippen LogP contribution in [0.25, 0.3) is 21.1 Å². The molecule has 0 radical (unpaired) electrons. The van der Waals surface area contributed by atoms with E-state index in [2.05, 4.69) is 19.9 Å². The van der Waals surface area contributed by atoms with Crippen LogP contribution in [0.5, 0.6) is 0 Å². The van der Waals surface area contributed by atoms with Crippen LogP contribution in [0.4, 0.5) is 5.82 Å². The highest BCUT2D eigenvalue weighted by molar-refractivity contribution is 7.17. The Balaban J connectivity index is 1.59. The van der Waals surface area contributed by atoms with Crippen LogP contribution >= 0.6 is 11.3 Å². The molecule has 5 rings (SSSR count). The molecule has 1 aromatic carbocycles. The number of carbonyl (C=O) groups excluding carboxylic acids is 1. The van der Waals surface area contributed by atoms with Gasteiger partial charge in [-0.25, -0.2) is 14.8 Å². The van der Waals surface area contributed by atoms with Gasteiger partial charge in [-0.3, -0.25) is 0 Å². The Labute approximate surface area is 153 Å². The largest absolute Gasteiger partial charge is 0.465 e. The first-order valence-electron chi connectivity index (χ1n) is 8.39. The Morgan fingerprint density at radius 1 is 1.31 bits per heavy atom. The van der Waals surface area contributed by atoms with Gasteiger partial charge >= 0.3 is 5.97 Å². The molecule has 0 unspecified atom stereocenters. The van der Waals surface area contributed by atoms with E-state index in [1.807, 2.05) is 23.6 Å². The van der Waals surface area contributed by atoms with Crippen LogP contribution in [-0.4, -0.2) is 34.6 Å². The number of rotatable bonds is 2. The number of aromatic nitrogens is 3. The van der Waals surface area contributed by atoms with E-state index in [-0.39, 0.29) is 5.97 Å². The SMILES string of the molecule is COC(=O)c1ccc2[nH]c3c(c2c1)CN(c1ncnc2ccsc12)CC3. The van der Waals surface area contributed by atoms with E-state index in [1.165, 1.54) is 18.4 Å². The fourth-order valence-electron chi connectivity index (χ4n) is 3.64. The standard InChI is InChI=1S/C19H16N4O2S/c1-25-19(24)11-2-3-14-12(8-11)13-9-23(6-4-15(13)22-14)18-17-16(5-7-26-17)20-10-21-18/h2-3,5,7-8,10,22H,4,6,9H2,1H3. The van der Waals surface area contributed by atoms with Crippen molar-refractivity contribution in [3.8, 4) is 0 Å². The van der Waals surface area contributed by atoms with Crippen molar-refractivity contribution >= 4 is 44.2 Å². The minimum atomic E-state index is -0.314. The summed E-state index contributed by atoms with van der Waals surface area (Å²) in [6.45, 7) is 1.65. The lowest BCUT2D eigenvalue weighted by molar-refractivity contribution is 0.0601. The molecule has 6 nitrogen and oxygen atoms in total. The number of H-pyrrole nitrogens is 1. The second kappa shape index (κ2) is 5.81. The third-order valence-corrected chi connectivity index (χ3v) is 5.82. The maximum atomic E-state index is 11.9. The molecule has 7 heteroatoms. The van der Waals surface area contributed by atoms with Crippen LogP contribution in [0.3, 0.4) is 0 Å². The molecule has 0 bridgehead atoms. The molecule has 0 atom stereocenters. The molecule has 130 valence electrons. The van der Waals surface area contributed by atoms with Crippen LogP contribution < -0.4 is 4.90 Å². The van der Waals surface area contributed by atoms with Gasteiger partial charge in [0.25, 0.3) is 0 Å². The predicted octanol–water partition coefficient (Wildman–Crippen LogP) is 3.52. The van der Waals surface area contributed by atoms with Crippen molar-refractivity contribution in [3.63, 3.8) is 0 Å². The third-order valence-electron chi connectivity index (χ3n) is 4.92. The van der Waals surface area contributed by atoms with Gasteiger partial charge in [0.15, 0.2) is 0 Å². The number of carbonyl (C=O) groups is 1. The maximum Gasteiger partial charge on any atom is 0.337 e. The number of hydrogen-bond acceptors (Lipinski definition) is 6. The van der Waals surface area contributed by atoms with Gasteiger partial charge in [-0.15, -0.1) is 11.3 Å². The van der Waals surface area contributed by atoms with Gasteiger partial charge in [0.2, 0.25) is 0 Å². The number of methoxy groups -OCH3 is 1. The zero-order valence-electron chi connectivity index (χ0n) is 14.2. The molecule has 0 saturated heterocycles. The topological polar surface area (TPSA) is 71.1 Å². The fraction of sp³-hybridized carbons (Fsp3) is 0.211. The highest BCUT2D eigenvalue weighted by Crippen LogP contribution is 2.34. The lowest BCUT2D eigenvalue weighted by Crippen LogP contribution is -2.30.